The number of nitrogens with zero attached hydrogens (tertiary/aromatic N) is 3. The van der Waals surface area contributed by atoms with Gasteiger partial charge < -0.3 is 10.1 Å². The molecule has 0 bridgehead atoms. The Kier molecular flexibility index (Phi) is 4.62. The highest BCUT2D eigenvalue weighted by Gasteiger charge is 2.37. The molecule has 0 aromatic carbocycles. The Hall–Kier alpha value is -1.89. The molecule has 3 rings (SSSR count). The van der Waals surface area contributed by atoms with Gasteiger partial charge in [-0.2, -0.15) is 5.10 Å². The molecule has 2 aliphatic heterocycles. The predicted octanol–water partition coefficient (Wildman–Crippen LogP) is 1.15. The minimum Gasteiger partial charge on any atom is -0.376 e. The number of carbonyl (C=O) groups is 2. The van der Waals surface area contributed by atoms with Crippen molar-refractivity contribution in [1.82, 2.24) is 15.1 Å². The fourth-order valence-corrected chi connectivity index (χ4v) is 3.80. The number of ether oxygens (including phenoxy) is 1. The molecule has 7 nitrogen and oxygen atoms in total. The molecule has 2 saturated heterocycles. The smallest absolute Gasteiger partial charge is 0.250 e. The Morgan fingerprint density at radius 2 is 2.00 bits per heavy atom. The lowest BCUT2D eigenvalue weighted by Gasteiger charge is -2.31. The zero-order valence-electron chi connectivity index (χ0n) is 14.8. The molecule has 2 aliphatic rings. The van der Waals surface area contributed by atoms with Crippen LogP contribution in [0.25, 0.3) is 0 Å². The minimum absolute atomic E-state index is 0.0293. The molecule has 0 aliphatic carbocycles. The summed E-state index contributed by atoms with van der Waals surface area (Å²) in [5.41, 5.74) is 0.873. The topological polar surface area (TPSA) is 76.5 Å². The lowest BCUT2D eigenvalue weighted by atomic mass is 9.91. The first kappa shape index (κ1) is 17.0. The SMILES string of the molecule is Cc1cc(N2CCC(NC(=O)C3C[C@@H](C)O[C@@H](C)C3)C2=O)n(C)n1. The molecule has 0 saturated carbocycles. The lowest BCUT2D eigenvalue weighted by molar-refractivity contribution is -0.135. The van der Waals surface area contributed by atoms with Crippen molar-refractivity contribution >= 4 is 17.6 Å². The van der Waals surface area contributed by atoms with E-state index in [9.17, 15) is 9.59 Å². The summed E-state index contributed by atoms with van der Waals surface area (Å²) in [6.07, 6.45) is 2.21. The number of rotatable bonds is 3. The van der Waals surface area contributed by atoms with Crippen LogP contribution in [0.4, 0.5) is 5.82 Å². The van der Waals surface area contributed by atoms with E-state index in [1.165, 1.54) is 0 Å². The first-order chi connectivity index (χ1) is 11.3. The van der Waals surface area contributed by atoms with Gasteiger partial charge in [0, 0.05) is 25.6 Å². The minimum atomic E-state index is -0.443. The Morgan fingerprint density at radius 1 is 1.33 bits per heavy atom. The van der Waals surface area contributed by atoms with Crippen molar-refractivity contribution in [2.45, 2.75) is 58.3 Å². The summed E-state index contributed by atoms with van der Waals surface area (Å²) >= 11 is 0. The van der Waals surface area contributed by atoms with E-state index >= 15 is 0 Å². The predicted molar refractivity (Wildman–Crippen MR) is 89.6 cm³/mol. The van der Waals surface area contributed by atoms with E-state index in [0.717, 1.165) is 11.5 Å². The number of anilines is 1. The molecule has 1 N–H and O–H groups in total. The Labute approximate surface area is 142 Å². The molecule has 1 aromatic heterocycles. The van der Waals surface area contributed by atoms with Gasteiger partial charge in [0.25, 0.3) is 5.91 Å². The van der Waals surface area contributed by atoms with Crippen LogP contribution in [0.1, 0.15) is 38.8 Å². The third kappa shape index (κ3) is 3.31. The maximum absolute atomic E-state index is 12.7. The van der Waals surface area contributed by atoms with Crippen LogP contribution in [0.2, 0.25) is 0 Å². The van der Waals surface area contributed by atoms with Gasteiger partial charge in [-0.15, -0.1) is 0 Å². The highest BCUT2D eigenvalue weighted by Crippen LogP contribution is 2.26. The third-order valence-electron chi connectivity index (χ3n) is 4.84. The van der Waals surface area contributed by atoms with E-state index < -0.39 is 6.04 Å². The summed E-state index contributed by atoms with van der Waals surface area (Å²) in [5.74, 6) is 0.616. The second-order valence-corrected chi connectivity index (χ2v) is 7.03. The molecule has 24 heavy (non-hydrogen) atoms. The van der Waals surface area contributed by atoms with Crippen LogP contribution in [0, 0.1) is 12.8 Å². The molecule has 2 amide bonds. The maximum atomic E-state index is 12.7. The Balaban J connectivity index is 1.63. The Bertz CT molecular complexity index is 632. The molecule has 4 atom stereocenters. The molecule has 132 valence electrons. The van der Waals surface area contributed by atoms with Crippen LogP contribution >= 0.6 is 0 Å². The van der Waals surface area contributed by atoms with E-state index in [0.29, 0.717) is 25.8 Å². The second-order valence-electron chi connectivity index (χ2n) is 7.03. The summed E-state index contributed by atoms with van der Waals surface area (Å²) in [5, 5.41) is 7.24. The van der Waals surface area contributed by atoms with E-state index in [2.05, 4.69) is 10.4 Å². The summed E-state index contributed by atoms with van der Waals surface area (Å²) in [4.78, 5) is 26.9. The van der Waals surface area contributed by atoms with E-state index in [1.807, 2.05) is 33.9 Å². The largest absolute Gasteiger partial charge is 0.376 e. The fourth-order valence-electron chi connectivity index (χ4n) is 3.80. The molecular weight excluding hydrogens is 308 g/mol. The number of aromatic nitrogens is 2. The van der Waals surface area contributed by atoms with Crippen molar-refractivity contribution in [3.05, 3.63) is 11.8 Å². The van der Waals surface area contributed by atoms with Crippen molar-refractivity contribution < 1.29 is 14.3 Å². The molecule has 7 heteroatoms. The van der Waals surface area contributed by atoms with Gasteiger partial charge >= 0.3 is 0 Å². The number of nitrogens with one attached hydrogen (secondary N) is 1. The maximum Gasteiger partial charge on any atom is 0.250 e. The zero-order valence-corrected chi connectivity index (χ0v) is 14.8. The average molecular weight is 334 g/mol. The number of carbonyl (C=O) groups excluding carboxylic acids is 2. The number of amides is 2. The number of aryl methyl sites for hydroxylation is 2. The Morgan fingerprint density at radius 3 is 2.58 bits per heavy atom. The highest BCUT2D eigenvalue weighted by atomic mass is 16.5. The van der Waals surface area contributed by atoms with Crippen LogP contribution in [-0.4, -0.2) is 46.4 Å². The monoisotopic (exact) mass is 334 g/mol. The summed E-state index contributed by atoms with van der Waals surface area (Å²) < 4.78 is 7.39. The molecular formula is C17H26N4O3. The zero-order chi connectivity index (χ0) is 17.4. The van der Waals surface area contributed by atoms with Gasteiger partial charge in [-0.1, -0.05) is 0 Å². The third-order valence-corrected chi connectivity index (χ3v) is 4.84. The molecule has 0 spiro atoms. The summed E-state index contributed by atoms with van der Waals surface area (Å²) in [6.45, 7) is 6.48. The second kappa shape index (κ2) is 6.55. The first-order valence-corrected chi connectivity index (χ1v) is 8.63. The normalized spacial score (nSPS) is 30.7. The van der Waals surface area contributed by atoms with Gasteiger partial charge in [0.2, 0.25) is 5.91 Å². The average Bonchev–Trinajstić information content (AvgIpc) is 3.00. The van der Waals surface area contributed by atoms with Crippen LogP contribution in [-0.2, 0) is 21.4 Å². The summed E-state index contributed by atoms with van der Waals surface area (Å²) in [6, 6.07) is 1.45. The molecule has 2 unspecified atom stereocenters. The van der Waals surface area contributed by atoms with Gasteiger partial charge in [0.15, 0.2) is 0 Å². The first-order valence-electron chi connectivity index (χ1n) is 8.63. The number of hydrogen-bond acceptors (Lipinski definition) is 4. The van der Waals surface area contributed by atoms with Crippen molar-refractivity contribution in [3.8, 4) is 0 Å². The number of hydrogen-bond donors (Lipinski definition) is 1. The van der Waals surface area contributed by atoms with Crippen LogP contribution in [0.5, 0.6) is 0 Å². The fraction of sp³-hybridized carbons (Fsp3) is 0.706. The highest BCUT2D eigenvalue weighted by molar-refractivity contribution is 6.01. The molecule has 0 radical (unpaired) electrons. The molecule has 1 aromatic rings. The van der Waals surface area contributed by atoms with Gasteiger partial charge in [0.05, 0.1) is 17.9 Å². The van der Waals surface area contributed by atoms with E-state index in [-0.39, 0.29) is 29.9 Å². The van der Waals surface area contributed by atoms with Crippen LogP contribution in [0.15, 0.2) is 6.07 Å². The van der Waals surface area contributed by atoms with Gasteiger partial charge in [0.1, 0.15) is 11.9 Å². The van der Waals surface area contributed by atoms with Crippen LogP contribution in [0.3, 0.4) is 0 Å². The lowest BCUT2D eigenvalue weighted by Crippen LogP contribution is -2.46. The van der Waals surface area contributed by atoms with Gasteiger partial charge in [-0.25, -0.2) is 0 Å². The van der Waals surface area contributed by atoms with Crippen molar-refractivity contribution in [1.29, 1.82) is 0 Å². The van der Waals surface area contributed by atoms with Crippen LogP contribution < -0.4 is 10.2 Å². The standard InChI is InChI=1S/C17H26N4O3/c1-10-7-15(20(4)19-10)21-6-5-14(17(21)23)18-16(22)13-8-11(2)24-12(3)9-13/h7,11-14H,5-6,8-9H2,1-4H3,(H,18,22)/t11-,12+,13?,14?. The quantitative estimate of drug-likeness (QED) is 0.900. The van der Waals surface area contributed by atoms with Crippen molar-refractivity contribution in [2.75, 3.05) is 11.4 Å². The van der Waals surface area contributed by atoms with Crippen molar-refractivity contribution in [3.63, 3.8) is 0 Å². The van der Waals surface area contributed by atoms with E-state index in [4.69, 9.17) is 4.74 Å². The molecule has 3 heterocycles. The molecule has 2 fully saturated rings. The van der Waals surface area contributed by atoms with E-state index in [1.54, 1.807) is 9.58 Å². The van der Waals surface area contributed by atoms with Gasteiger partial charge in [-0.05, 0) is 40.0 Å². The van der Waals surface area contributed by atoms with Crippen molar-refractivity contribution in [2.24, 2.45) is 13.0 Å². The van der Waals surface area contributed by atoms with Gasteiger partial charge in [-0.3, -0.25) is 19.2 Å². The summed E-state index contributed by atoms with van der Waals surface area (Å²) in [7, 11) is 1.83.